The number of hydrogen-bond donors (Lipinski definition) is 4. The summed E-state index contributed by atoms with van der Waals surface area (Å²) < 4.78 is 45.5. The molecular formula is C16H18F3N5O5. The first-order valence-electron chi connectivity index (χ1n) is 8.22. The molecule has 0 aliphatic carbocycles. The van der Waals surface area contributed by atoms with E-state index in [0.29, 0.717) is 6.07 Å². The summed E-state index contributed by atoms with van der Waals surface area (Å²) in [4.78, 5) is 47.9. The van der Waals surface area contributed by atoms with Gasteiger partial charge in [0.05, 0.1) is 17.9 Å². The topological polar surface area (TPSA) is 143 Å². The van der Waals surface area contributed by atoms with E-state index >= 15 is 0 Å². The SMILES string of the molecule is CNC(=O)N[C@H](C(N)=O)C(=O)Nc1ccc(N2CCOCC2=O)cc1C(F)(F)F. The Morgan fingerprint density at radius 2 is 1.97 bits per heavy atom. The van der Waals surface area contributed by atoms with Crippen molar-refractivity contribution in [3.8, 4) is 0 Å². The molecule has 1 atom stereocenters. The molecule has 2 rings (SSSR count). The Morgan fingerprint density at radius 3 is 2.52 bits per heavy atom. The average Bonchev–Trinajstić information content (AvgIpc) is 2.65. The van der Waals surface area contributed by atoms with Crippen LogP contribution in [0.1, 0.15) is 5.56 Å². The molecule has 10 nitrogen and oxygen atoms in total. The van der Waals surface area contributed by atoms with Crippen LogP contribution in [0.25, 0.3) is 0 Å². The van der Waals surface area contributed by atoms with E-state index in [9.17, 15) is 32.3 Å². The number of morpholine rings is 1. The Labute approximate surface area is 162 Å². The molecular weight excluding hydrogens is 399 g/mol. The number of benzene rings is 1. The number of carbonyl (C=O) groups is 4. The summed E-state index contributed by atoms with van der Waals surface area (Å²) in [6.07, 6.45) is -4.88. The number of amides is 5. The van der Waals surface area contributed by atoms with Crippen LogP contribution in [0.2, 0.25) is 0 Å². The lowest BCUT2D eigenvalue weighted by molar-refractivity contribution is -0.137. The standard InChI is InChI=1S/C16H18F3N5O5/c1-21-15(28)23-12(13(20)26)14(27)22-10-3-2-8(6-9(10)16(17,18)19)24-4-5-29-7-11(24)25/h2-3,6,12H,4-5,7H2,1H3,(H2,20,26)(H,22,27)(H2,21,23,28)/t12-/m1/s1. The maximum Gasteiger partial charge on any atom is 0.418 e. The minimum absolute atomic E-state index is 0.0291. The second kappa shape index (κ2) is 8.77. The molecule has 0 bridgehead atoms. The monoisotopic (exact) mass is 417 g/mol. The van der Waals surface area contributed by atoms with Crippen LogP contribution >= 0.6 is 0 Å². The summed E-state index contributed by atoms with van der Waals surface area (Å²) >= 11 is 0. The molecule has 158 valence electrons. The number of ether oxygens (including phenoxy) is 1. The normalized spacial score (nSPS) is 15.4. The molecule has 1 aromatic carbocycles. The van der Waals surface area contributed by atoms with Crippen molar-refractivity contribution in [3.05, 3.63) is 23.8 Å². The van der Waals surface area contributed by atoms with Crippen LogP contribution in [0.4, 0.5) is 29.3 Å². The van der Waals surface area contributed by atoms with Gasteiger partial charge in [-0.1, -0.05) is 0 Å². The molecule has 1 saturated heterocycles. The van der Waals surface area contributed by atoms with E-state index < -0.39 is 47.2 Å². The van der Waals surface area contributed by atoms with E-state index in [1.54, 1.807) is 0 Å². The van der Waals surface area contributed by atoms with Gasteiger partial charge < -0.3 is 31.3 Å². The fourth-order valence-electron chi connectivity index (χ4n) is 2.51. The second-order valence-electron chi connectivity index (χ2n) is 5.87. The second-order valence-corrected chi connectivity index (χ2v) is 5.87. The molecule has 1 heterocycles. The Bertz CT molecular complexity index is 830. The molecule has 13 heteroatoms. The van der Waals surface area contributed by atoms with Crippen LogP contribution < -0.4 is 26.6 Å². The third-order valence-electron chi connectivity index (χ3n) is 3.91. The number of anilines is 2. The fraction of sp³-hybridized carbons (Fsp3) is 0.375. The molecule has 0 spiro atoms. The molecule has 0 saturated carbocycles. The first kappa shape index (κ1) is 21.9. The molecule has 1 aliphatic rings. The Kier molecular flexibility index (Phi) is 6.64. The number of primary amides is 1. The molecule has 0 unspecified atom stereocenters. The molecule has 1 aromatic rings. The van der Waals surface area contributed by atoms with E-state index in [-0.39, 0.29) is 25.4 Å². The van der Waals surface area contributed by atoms with Crippen molar-refractivity contribution in [2.24, 2.45) is 5.73 Å². The van der Waals surface area contributed by atoms with Crippen molar-refractivity contribution in [1.29, 1.82) is 0 Å². The Balaban J connectivity index is 2.34. The maximum absolute atomic E-state index is 13.5. The van der Waals surface area contributed by atoms with Gasteiger partial charge in [0.2, 0.25) is 5.91 Å². The minimum atomic E-state index is -4.88. The lowest BCUT2D eigenvalue weighted by Gasteiger charge is -2.28. The van der Waals surface area contributed by atoms with Gasteiger partial charge in [0.1, 0.15) is 6.61 Å². The molecule has 29 heavy (non-hydrogen) atoms. The van der Waals surface area contributed by atoms with Gasteiger partial charge in [-0.05, 0) is 18.2 Å². The zero-order valence-corrected chi connectivity index (χ0v) is 15.1. The molecule has 0 radical (unpaired) electrons. The lowest BCUT2D eigenvalue weighted by atomic mass is 10.1. The smallest absolute Gasteiger partial charge is 0.370 e. The number of carbonyl (C=O) groups excluding carboxylic acids is 4. The number of urea groups is 1. The quantitative estimate of drug-likeness (QED) is 0.491. The van der Waals surface area contributed by atoms with Crippen molar-refractivity contribution in [3.63, 3.8) is 0 Å². The van der Waals surface area contributed by atoms with Gasteiger partial charge in [0.25, 0.3) is 11.8 Å². The fourth-order valence-corrected chi connectivity index (χ4v) is 2.51. The van der Waals surface area contributed by atoms with E-state index in [4.69, 9.17) is 10.5 Å². The van der Waals surface area contributed by atoms with Gasteiger partial charge in [-0.2, -0.15) is 13.2 Å². The Morgan fingerprint density at radius 1 is 1.28 bits per heavy atom. The number of nitrogens with one attached hydrogen (secondary N) is 3. The lowest BCUT2D eigenvalue weighted by Crippen LogP contribution is -2.54. The summed E-state index contributed by atoms with van der Waals surface area (Å²) in [6.45, 7) is -0.0238. The van der Waals surface area contributed by atoms with Gasteiger partial charge in [0.15, 0.2) is 6.04 Å². The van der Waals surface area contributed by atoms with Crippen LogP contribution in [-0.4, -0.2) is 56.6 Å². The van der Waals surface area contributed by atoms with Crippen molar-refractivity contribution in [2.45, 2.75) is 12.2 Å². The number of nitrogens with two attached hydrogens (primary N) is 1. The van der Waals surface area contributed by atoms with E-state index in [2.05, 4.69) is 5.32 Å². The van der Waals surface area contributed by atoms with Crippen LogP contribution in [-0.2, 0) is 25.3 Å². The molecule has 5 N–H and O–H groups in total. The number of halogens is 3. The number of rotatable bonds is 5. The van der Waals surface area contributed by atoms with Crippen LogP contribution in [0.15, 0.2) is 18.2 Å². The van der Waals surface area contributed by atoms with Gasteiger partial charge in [-0.3, -0.25) is 14.4 Å². The summed E-state index contributed by atoms with van der Waals surface area (Å²) in [5.74, 6) is -3.04. The van der Waals surface area contributed by atoms with E-state index in [1.165, 1.54) is 13.1 Å². The van der Waals surface area contributed by atoms with E-state index in [1.807, 2.05) is 10.6 Å². The van der Waals surface area contributed by atoms with Gasteiger partial charge >= 0.3 is 12.2 Å². The van der Waals surface area contributed by atoms with Crippen LogP contribution in [0.3, 0.4) is 0 Å². The zero-order chi connectivity index (χ0) is 21.8. The maximum atomic E-state index is 13.5. The summed E-state index contributed by atoms with van der Waals surface area (Å²) in [7, 11) is 1.21. The van der Waals surface area contributed by atoms with Crippen LogP contribution in [0.5, 0.6) is 0 Å². The highest BCUT2D eigenvalue weighted by atomic mass is 19.4. The third kappa shape index (κ3) is 5.34. The summed E-state index contributed by atoms with van der Waals surface area (Å²) in [6, 6.07) is 0.0123. The third-order valence-corrected chi connectivity index (χ3v) is 3.91. The van der Waals surface area contributed by atoms with Crippen molar-refractivity contribution >= 4 is 35.1 Å². The number of alkyl halides is 3. The van der Waals surface area contributed by atoms with Crippen molar-refractivity contribution < 1.29 is 37.1 Å². The summed E-state index contributed by atoms with van der Waals surface area (Å²) in [5.41, 5.74) is 3.09. The van der Waals surface area contributed by atoms with Gasteiger partial charge in [0, 0.05) is 19.3 Å². The first-order valence-corrected chi connectivity index (χ1v) is 8.22. The predicted octanol–water partition coefficient (Wildman–Crippen LogP) is -0.210. The number of nitrogens with zero attached hydrogens (tertiary/aromatic N) is 1. The highest BCUT2D eigenvalue weighted by Crippen LogP contribution is 2.37. The van der Waals surface area contributed by atoms with Crippen molar-refractivity contribution in [1.82, 2.24) is 10.6 Å². The highest BCUT2D eigenvalue weighted by Gasteiger charge is 2.36. The minimum Gasteiger partial charge on any atom is -0.370 e. The molecule has 5 amide bonds. The zero-order valence-electron chi connectivity index (χ0n) is 15.1. The van der Waals surface area contributed by atoms with Crippen molar-refractivity contribution in [2.75, 3.05) is 37.0 Å². The van der Waals surface area contributed by atoms with E-state index in [0.717, 1.165) is 11.0 Å². The summed E-state index contributed by atoms with van der Waals surface area (Å²) in [5, 5.41) is 5.95. The Hall–Kier alpha value is -3.35. The molecule has 0 aromatic heterocycles. The first-order chi connectivity index (χ1) is 13.5. The average molecular weight is 417 g/mol. The predicted molar refractivity (Wildman–Crippen MR) is 93.8 cm³/mol. The molecule has 1 fully saturated rings. The highest BCUT2D eigenvalue weighted by molar-refractivity contribution is 6.11. The van der Waals surface area contributed by atoms with Gasteiger partial charge in [-0.15, -0.1) is 0 Å². The largest absolute Gasteiger partial charge is 0.418 e. The van der Waals surface area contributed by atoms with Crippen LogP contribution in [0, 0.1) is 0 Å². The number of hydrogen-bond acceptors (Lipinski definition) is 5. The molecule has 1 aliphatic heterocycles. The van der Waals surface area contributed by atoms with Gasteiger partial charge in [-0.25, -0.2) is 4.79 Å².